The molecule has 13 nitrogen and oxygen atoms in total. The molecule has 2 rings (SSSR count). The highest BCUT2D eigenvalue weighted by Gasteiger charge is 2.32. The molecule has 0 aromatic heterocycles. The van der Waals surface area contributed by atoms with E-state index in [-0.39, 0.29) is 38.6 Å². The van der Waals surface area contributed by atoms with Gasteiger partial charge in [0.1, 0.15) is 6.10 Å². The first kappa shape index (κ1) is 32.6. The van der Waals surface area contributed by atoms with Crippen LogP contribution in [0.2, 0.25) is 0 Å². The van der Waals surface area contributed by atoms with Crippen LogP contribution in [0.15, 0.2) is 12.2 Å². The Hall–Kier alpha value is -2.58. The van der Waals surface area contributed by atoms with E-state index in [1.807, 2.05) is 0 Å². The van der Waals surface area contributed by atoms with Gasteiger partial charge >= 0.3 is 12.1 Å². The zero-order chi connectivity index (χ0) is 28.0. The number of amides is 3. The fraction of sp³-hybridized carbons (Fsp3) is 0.769. The number of hydrogen-bond acceptors (Lipinski definition) is 11. The number of hydroxylamine groups is 2. The van der Waals surface area contributed by atoms with Gasteiger partial charge in [-0.15, -0.1) is 5.06 Å². The molecule has 222 valence electrons. The van der Waals surface area contributed by atoms with Crippen molar-refractivity contribution in [3.8, 4) is 0 Å². The van der Waals surface area contributed by atoms with E-state index in [1.54, 1.807) is 0 Å². The van der Waals surface area contributed by atoms with Gasteiger partial charge in [-0.25, -0.2) is 9.59 Å². The number of carbonyl (C=O) groups excluding carboxylic acids is 4. The Morgan fingerprint density at radius 2 is 1.28 bits per heavy atom. The zero-order valence-corrected chi connectivity index (χ0v) is 22.6. The number of nitrogens with one attached hydrogen (secondary N) is 1. The van der Waals surface area contributed by atoms with Gasteiger partial charge in [0.2, 0.25) is 0 Å². The van der Waals surface area contributed by atoms with Crippen LogP contribution in [0.5, 0.6) is 0 Å². The van der Waals surface area contributed by atoms with Crippen LogP contribution in [0.25, 0.3) is 0 Å². The summed E-state index contributed by atoms with van der Waals surface area (Å²) < 4.78 is 32.3. The molecule has 1 atom stereocenters. The van der Waals surface area contributed by atoms with Gasteiger partial charge < -0.3 is 38.6 Å². The third kappa shape index (κ3) is 16.2. The third-order valence-electron chi connectivity index (χ3n) is 5.65. The van der Waals surface area contributed by atoms with Crippen LogP contribution in [0, 0.1) is 0 Å². The molecule has 0 aromatic carbocycles. The lowest BCUT2D eigenvalue weighted by Crippen LogP contribution is -2.32. The second-order valence-electron chi connectivity index (χ2n) is 8.79. The van der Waals surface area contributed by atoms with Crippen LogP contribution in [0.3, 0.4) is 0 Å². The Kier molecular flexibility index (Phi) is 17.8. The predicted octanol–water partition coefficient (Wildman–Crippen LogP) is 1.68. The lowest BCUT2D eigenvalue weighted by molar-refractivity contribution is -0.198. The van der Waals surface area contributed by atoms with E-state index in [9.17, 15) is 19.2 Å². The number of hydrogen-bond donors (Lipinski definition) is 1. The molecule has 2 aliphatic rings. The van der Waals surface area contributed by atoms with Crippen LogP contribution < -0.4 is 5.32 Å². The van der Waals surface area contributed by atoms with Crippen molar-refractivity contribution in [2.75, 3.05) is 72.6 Å². The molecule has 1 heterocycles. The van der Waals surface area contributed by atoms with Crippen molar-refractivity contribution >= 4 is 23.9 Å². The molecule has 1 unspecified atom stereocenters. The van der Waals surface area contributed by atoms with Crippen LogP contribution >= 0.6 is 0 Å². The van der Waals surface area contributed by atoms with Crippen molar-refractivity contribution in [1.29, 1.82) is 0 Å². The minimum absolute atomic E-state index is 0.0217. The molecule has 1 N–H and O–H groups in total. The molecule has 1 fully saturated rings. The van der Waals surface area contributed by atoms with Gasteiger partial charge in [0.05, 0.1) is 72.5 Å². The van der Waals surface area contributed by atoms with E-state index in [4.69, 9.17) is 33.3 Å². The predicted molar refractivity (Wildman–Crippen MR) is 136 cm³/mol. The number of imide groups is 1. The molecule has 0 aromatic rings. The second-order valence-corrected chi connectivity index (χ2v) is 8.79. The summed E-state index contributed by atoms with van der Waals surface area (Å²) in [5.74, 6) is -1.72. The maximum atomic E-state index is 11.9. The van der Waals surface area contributed by atoms with E-state index in [0.717, 1.165) is 32.1 Å². The summed E-state index contributed by atoms with van der Waals surface area (Å²) in [4.78, 5) is 50.9. The van der Waals surface area contributed by atoms with Crippen LogP contribution in [-0.4, -0.2) is 108 Å². The summed E-state index contributed by atoms with van der Waals surface area (Å²) in [5.41, 5.74) is 0. The van der Waals surface area contributed by atoms with Crippen LogP contribution in [0.4, 0.5) is 4.79 Å². The number of carbonyl (C=O) groups is 4. The van der Waals surface area contributed by atoms with Crippen molar-refractivity contribution in [1.82, 2.24) is 10.4 Å². The van der Waals surface area contributed by atoms with E-state index in [0.29, 0.717) is 64.5 Å². The normalized spacial score (nSPS) is 18.5. The molecule has 39 heavy (non-hydrogen) atoms. The summed E-state index contributed by atoms with van der Waals surface area (Å²) in [6.45, 7) is 3.97. The Morgan fingerprint density at radius 1 is 0.744 bits per heavy atom. The minimum atomic E-state index is -0.700. The molecular weight excluding hydrogens is 516 g/mol. The molecule has 1 aliphatic heterocycles. The number of alkyl carbamates (subject to hydrolysis) is 1. The van der Waals surface area contributed by atoms with Crippen molar-refractivity contribution in [3.63, 3.8) is 0 Å². The lowest BCUT2D eigenvalue weighted by atomic mass is 10.0. The zero-order valence-electron chi connectivity index (χ0n) is 22.6. The molecule has 1 aliphatic carbocycles. The highest BCUT2D eigenvalue weighted by Crippen LogP contribution is 2.15. The summed E-state index contributed by atoms with van der Waals surface area (Å²) in [5, 5.41) is 3.23. The lowest BCUT2D eigenvalue weighted by Gasteiger charge is -2.18. The van der Waals surface area contributed by atoms with E-state index < -0.39 is 23.9 Å². The Balaban J connectivity index is 1.25. The average Bonchev–Trinajstić information content (AvgIpc) is 3.21. The SMILES string of the molecule is O=C(CCOCCOCCOCCOCCOCCNC(=O)OC1CC/C=C/CCC1)ON1C(=O)CCC1=O. The molecule has 0 bridgehead atoms. The minimum Gasteiger partial charge on any atom is -0.446 e. The highest BCUT2D eigenvalue weighted by molar-refractivity contribution is 6.01. The quantitative estimate of drug-likeness (QED) is 0.132. The Labute approximate surface area is 229 Å². The summed E-state index contributed by atoms with van der Waals surface area (Å²) in [6, 6.07) is 0. The number of allylic oxidation sites excluding steroid dienone is 2. The Morgan fingerprint density at radius 3 is 1.90 bits per heavy atom. The highest BCUT2D eigenvalue weighted by atomic mass is 16.7. The molecule has 0 spiro atoms. The van der Waals surface area contributed by atoms with Gasteiger partial charge in [0.25, 0.3) is 11.8 Å². The van der Waals surface area contributed by atoms with Gasteiger partial charge in [-0.3, -0.25) is 9.59 Å². The maximum absolute atomic E-state index is 11.9. The second kappa shape index (κ2) is 21.3. The summed E-state index contributed by atoms with van der Waals surface area (Å²) in [7, 11) is 0. The Bertz CT molecular complexity index is 746. The first-order valence-electron chi connectivity index (χ1n) is 13.6. The van der Waals surface area contributed by atoms with Gasteiger partial charge in [-0.1, -0.05) is 12.2 Å². The molecule has 3 amide bonds. The number of rotatable bonds is 20. The average molecular weight is 559 g/mol. The standard InChI is InChI=1S/C26H42N2O11/c29-23-8-9-24(30)28(23)39-25(31)10-12-33-14-16-35-18-20-37-21-19-36-17-15-34-13-11-27-26(32)38-22-6-4-2-1-3-5-7-22/h1-2,22H,3-21H2,(H,27,32)/b2-1+. The van der Waals surface area contributed by atoms with E-state index in [2.05, 4.69) is 17.5 Å². The van der Waals surface area contributed by atoms with Gasteiger partial charge in [-0.2, -0.15) is 0 Å². The van der Waals surface area contributed by atoms with E-state index >= 15 is 0 Å². The van der Waals surface area contributed by atoms with Crippen molar-refractivity contribution in [2.24, 2.45) is 0 Å². The summed E-state index contributed by atoms with van der Waals surface area (Å²) >= 11 is 0. The van der Waals surface area contributed by atoms with Crippen molar-refractivity contribution < 1.29 is 52.4 Å². The number of nitrogens with zero attached hydrogens (tertiary/aromatic N) is 1. The van der Waals surface area contributed by atoms with Crippen LogP contribution in [-0.2, 0) is 47.6 Å². The van der Waals surface area contributed by atoms with Crippen molar-refractivity contribution in [3.05, 3.63) is 12.2 Å². The third-order valence-corrected chi connectivity index (χ3v) is 5.65. The molecule has 1 saturated heterocycles. The van der Waals surface area contributed by atoms with E-state index in [1.165, 1.54) is 0 Å². The topological polar surface area (TPSA) is 148 Å². The van der Waals surface area contributed by atoms with Crippen molar-refractivity contribution in [2.45, 2.75) is 57.5 Å². The van der Waals surface area contributed by atoms with Gasteiger partial charge in [0, 0.05) is 19.4 Å². The fourth-order valence-electron chi connectivity index (χ4n) is 3.60. The monoisotopic (exact) mass is 558 g/mol. The van der Waals surface area contributed by atoms with Gasteiger partial charge in [0.15, 0.2) is 0 Å². The molecule has 0 radical (unpaired) electrons. The van der Waals surface area contributed by atoms with Gasteiger partial charge in [-0.05, 0) is 32.1 Å². The summed E-state index contributed by atoms with van der Waals surface area (Å²) in [6.07, 6.45) is 8.73. The number of ether oxygens (including phenoxy) is 6. The largest absolute Gasteiger partial charge is 0.446 e. The first-order chi connectivity index (χ1) is 19.1. The molecule has 13 heteroatoms. The first-order valence-corrected chi connectivity index (χ1v) is 13.6. The fourth-order valence-corrected chi connectivity index (χ4v) is 3.60. The van der Waals surface area contributed by atoms with Crippen LogP contribution in [0.1, 0.15) is 51.4 Å². The molecule has 0 saturated carbocycles. The molecular formula is C26H42N2O11. The maximum Gasteiger partial charge on any atom is 0.407 e. The smallest absolute Gasteiger partial charge is 0.407 e.